The van der Waals surface area contributed by atoms with Gasteiger partial charge in [-0.15, -0.1) is 0 Å². The zero-order chi connectivity index (χ0) is 18.9. The third-order valence-electron chi connectivity index (χ3n) is 4.64. The van der Waals surface area contributed by atoms with Crippen LogP contribution in [0.25, 0.3) is 0 Å². The van der Waals surface area contributed by atoms with Crippen LogP contribution >= 0.6 is 0 Å². The molecule has 1 aromatic carbocycles. The van der Waals surface area contributed by atoms with Crippen molar-refractivity contribution in [3.63, 3.8) is 0 Å². The Hall–Kier alpha value is -2.08. The Labute approximate surface area is 155 Å². The van der Waals surface area contributed by atoms with Gasteiger partial charge in [0, 0.05) is 32.6 Å². The molecule has 6 nitrogen and oxygen atoms in total. The number of amides is 1. The molecule has 0 spiro atoms. The van der Waals surface area contributed by atoms with E-state index in [0.717, 1.165) is 48.4 Å². The zero-order valence-electron chi connectivity index (χ0n) is 16.1. The molecule has 2 rings (SSSR count). The van der Waals surface area contributed by atoms with E-state index in [-0.39, 0.29) is 12.5 Å². The Bertz CT molecular complexity index is 601. The lowest BCUT2D eigenvalue weighted by atomic mass is 10.1. The smallest absolute Gasteiger partial charge is 0.343 e. The molecule has 1 amide bonds. The van der Waals surface area contributed by atoms with Crippen molar-refractivity contribution in [2.45, 2.75) is 46.1 Å². The van der Waals surface area contributed by atoms with Crippen LogP contribution in [0.4, 0.5) is 0 Å². The van der Waals surface area contributed by atoms with E-state index in [0.29, 0.717) is 19.5 Å². The third-order valence-corrected chi connectivity index (χ3v) is 4.64. The molecular weight excluding hydrogens is 332 g/mol. The fourth-order valence-corrected chi connectivity index (χ4v) is 3.29. The summed E-state index contributed by atoms with van der Waals surface area (Å²) >= 11 is 0. The first-order chi connectivity index (χ1) is 12.5. The van der Waals surface area contributed by atoms with Gasteiger partial charge in [-0.1, -0.05) is 12.1 Å². The van der Waals surface area contributed by atoms with Crippen LogP contribution in [0, 0.1) is 13.8 Å². The van der Waals surface area contributed by atoms with Gasteiger partial charge in [0.2, 0.25) is 5.91 Å². The number of rotatable bonds is 8. The van der Waals surface area contributed by atoms with E-state index in [9.17, 15) is 9.59 Å². The number of hydrogen-bond donors (Lipinski definition) is 1. The molecule has 0 radical (unpaired) electrons. The zero-order valence-corrected chi connectivity index (χ0v) is 16.1. The molecule has 1 heterocycles. The summed E-state index contributed by atoms with van der Waals surface area (Å²) in [6.07, 6.45) is 4.03. The number of esters is 1. The number of likely N-dealkylation sites (tertiary alicyclic amines) is 1. The van der Waals surface area contributed by atoms with Crippen LogP contribution in [0.2, 0.25) is 0 Å². The monoisotopic (exact) mass is 362 g/mol. The fourth-order valence-electron chi connectivity index (χ4n) is 3.29. The molecule has 1 aromatic rings. The number of ether oxygens (including phenoxy) is 2. The second kappa shape index (κ2) is 10.2. The van der Waals surface area contributed by atoms with Crippen molar-refractivity contribution >= 4 is 11.9 Å². The molecule has 1 N–H and O–H groups in total. The van der Waals surface area contributed by atoms with Crippen LogP contribution < -0.4 is 10.1 Å². The number of aryl methyl sites for hydroxylation is 2. The summed E-state index contributed by atoms with van der Waals surface area (Å²) in [6.45, 7) is 7.02. The average molecular weight is 362 g/mol. The van der Waals surface area contributed by atoms with Gasteiger partial charge < -0.3 is 19.7 Å². The van der Waals surface area contributed by atoms with E-state index in [4.69, 9.17) is 4.74 Å². The van der Waals surface area contributed by atoms with E-state index in [1.54, 1.807) is 0 Å². The Kier molecular flexibility index (Phi) is 7.91. The molecule has 1 aliphatic rings. The second-order valence-corrected chi connectivity index (χ2v) is 6.79. The summed E-state index contributed by atoms with van der Waals surface area (Å²) in [4.78, 5) is 25.4. The summed E-state index contributed by atoms with van der Waals surface area (Å²) in [7, 11) is 1.34. The molecule has 0 aliphatic carbocycles. The highest BCUT2D eigenvalue weighted by atomic mass is 16.6. The number of hydrogen-bond acceptors (Lipinski definition) is 5. The van der Waals surface area contributed by atoms with Crippen molar-refractivity contribution in [3.05, 3.63) is 28.8 Å². The Morgan fingerprint density at radius 2 is 1.77 bits per heavy atom. The van der Waals surface area contributed by atoms with E-state index in [1.807, 2.05) is 30.9 Å². The van der Waals surface area contributed by atoms with Crippen molar-refractivity contribution in [2.75, 3.05) is 33.4 Å². The van der Waals surface area contributed by atoms with Crippen molar-refractivity contribution in [1.29, 1.82) is 0 Å². The SMILES string of the molecule is COC(=O)COc1c(C)cc(CNCCC(=O)N2CCCCC2)cc1C. The van der Waals surface area contributed by atoms with Crippen molar-refractivity contribution < 1.29 is 19.1 Å². The maximum Gasteiger partial charge on any atom is 0.343 e. The first-order valence-electron chi connectivity index (χ1n) is 9.29. The standard InChI is InChI=1S/C20H30N2O4/c1-15-11-17(12-16(2)20(15)26-14-19(24)25-3)13-21-8-7-18(23)22-9-5-4-6-10-22/h11-12,21H,4-10,13-14H2,1-3H3. The lowest BCUT2D eigenvalue weighted by molar-refractivity contribution is -0.143. The second-order valence-electron chi connectivity index (χ2n) is 6.79. The highest BCUT2D eigenvalue weighted by molar-refractivity contribution is 5.76. The Morgan fingerprint density at radius 1 is 1.12 bits per heavy atom. The maximum absolute atomic E-state index is 12.1. The molecule has 0 saturated carbocycles. The van der Waals surface area contributed by atoms with Gasteiger partial charge in [0.25, 0.3) is 0 Å². The summed E-state index contributed by atoms with van der Waals surface area (Å²) < 4.78 is 10.2. The van der Waals surface area contributed by atoms with E-state index < -0.39 is 5.97 Å². The summed E-state index contributed by atoms with van der Waals surface area (Å²) in [6, 6.07) is 4.08. The number of piperidine rings is 1. The highest BCUT2D eigenvalue weighted by Crippen LogP contribution is 2.25. The Morgan fingerprint density at radius 3 is 2.38 bits per heavy atom. The van der Waals surface area contributed by atoms with Gasteiger partial charge in [0.05, 0.1) is 7.11 Å². The molecule has 0 aromatic heterocycles. The molecule has 26 heavy (non-hydrogen) atoms. The van der Waals surface area contributed by atoms with Crippen LogP contribution in [0.3, 0.4) is 0 Å². The lowest BCUT2D eigenvalue weighted by Crippen LogP contribution is -2.37. The average Bonchev–Trinajstić information content (AvgIpc) is 2.64. The highest BCUT2D eigenvalue weighted by Gasteiger charge is 2.15. The minimum Gasteiger partial charge on any atom is -0.481 e. The first-order valence-corrected chi connectivity index (χ1v) is 9.29. The van der Waals surface area contributed by atoms with E-state index in [1.165, 1.54) is 13.5 Å². The minimum absolute atomic E-state index is 0.0889. The largest absolute Gasteiger partial charge is 0.481 e. The topological polar surface area (TPSA) is 67.9 Å². The van der Waals surface area contributed by atoms with Crippen molar-refractivity contribution in [3.8, 4) is 5.75 Å². The molecule has 0 bridgehead atoms. The van der Waals surface area contributed by atoms with Crippen LogP contribution in [-0.4, -0.2) is 50.1 Å². The normalized spacial score (nSPS) is 14.2. The molecule has 1 saturated heterocycles. The van der Waals surface area contributed by atoms with Crippen LogP contribution in [-0.2, 0) is 20.9 Å². The van der Waals surface area contributed by atoms with Gasteiger partial charge in [-0.05, 0) is 49.8 Å². The van der Waals surface area contributed by atoms with E-state index >= 15 is 0 Å². The molecule has 1 aliphatic heterocycles. The number of carbonyl (C=O) groups excluding carboxylic acids is 2. The third kappa shape index (κ3) is 6.02. The summed E-state index contributed by atoms with van der Waals surface area (Å²) in [5.41, 5.74) is 3.10. The molecule has 0 unspecified atom stereocenters. The van der Waals surface area contributed by atoms with Gasteiger partial charge in [-0.3, -0.25) is 4.79 Å². The van der Waals surface area contributed by atoms with Crippen molar-refractivity contribution in [2.24, 2.45) is 0 Å². The summed E-state index contributed by atoms with van der Waals surface area (Å²) in [5, 5.41) is 3.34. The number of nitrogens with one attached hydrogen (secondary N) is 1. The fraction of sp³-hybridized carbons (Fsp3) is 0.600. The molecule has 6 heteroatoms. The van der Waals surface area contributed by atoms with Gasteiger partial charge >= 0.3 is 5.97 Å². The Balaban J connectivity index is 1.78. The first kappa shape index (κ1) is 20.2. The lowest BCUT2D eigenvalue weighted by Gasteiger charge is -2.26. The van der Waals surface area contributed by atoms with Gasteiger partial charge in [-0.2, -0.15) is 0 Å². The predicted molar refractivity (Wildman–Crippen MR) is 100 cm³/mol. The predicted octanol–water partition coefficient (Wildman–Crippen LogP) is 2.35. The number of carbonyl (C=O) groups is 2. The summed E-state index contributed by atoms with van der Waals surface area (Å²) in [5.74, 6) is 0.573. The number of benzene rings is 1. The van der Waals surface area contributed by atoms with Gasteiger partial charge in [0.15, 0.2) is 6.61 Å². The number of nitrogens with zero attached hydrogens (tertiary/aromatic N) is 1. The minimum atomic E-state index is -0.395. The quantitative estimate of drug-likeness (QED) is 0.568. The maximum atomic E-state index is 12.1. The van der Waals surface area contributed by atoms with Crippen molar-refractivity contribution in [1.82, 2.24) is 10.2 Å². The van der Waals surface area contributed by atoms with Gasteiger partial charge in [0.1, 0.15) is 5.75 Å². The molecule has 1 fully saturated rings. The van der Waals surface area contributed by atoms with Gasteiger partial charge in [-0.25, -0.2) is 4.79 Å². The van der Waals surface area contributed by atoms with Crippen LogP contribution in [0.1, 0.15) is 42.4 Å². The van der Waals surface area contributed by atoms with Crippen LogP contribution in [0.5, 0.6) is 5.75 Å². The van der Waals surface area contributed by atoms with E-state index in [2.05, 4.69) is 10.1 Å². The number of methoxy groups -OCH3 is 1. The van der Waals surface area contributed by atoms with Crippen LogP contribution in [0.15, 0.2) is 12.1 Å². The molecular formula is C20H30N2O4. The molecule has 144 valence electrons. The molecule has 0 atom stereocenters.